The maximum atomic E-state index is 13.4. The monoisotopic (exact) mass is 226 g/mol. The molecular weight excluding hydrogens is 214 g/mol. The van der Waals surface area contributed by atoms with Crippen molar-refractivity contribution in [1.29, 1.82) is 0 Å². The maximum absolute atomic E-state index is 13.4. The van der Waals surface area contributed by atoms with Crippen LogP contribution in [0.3, 0.4) is 0 Å². The zero-order valence-electron chi connectivity index (χ0n) is 8.93. The number of benzene rings is 1. The van der Waals surface area contributed by atoms with Crippen molar-refractivity contribution in [3.63, 3.8) is 0 Å². The Balaban J connectivity index is 2.21. The number of halogens is 2. The van der Waals surface area contributed by atoms with Crippen molar-refractivity contribution in [3.05, 3.63) is 34.9 Å². The van der Waals surface area contributed by atoms with Gasteiger partial charge in [0.25, 0.3) is 0 Å². The third-order valence-corrected chi connectivity index (χ3v) is 2.83. The van der Waals surface area contributed by atoms with Gasteiger partial charge in [0.1, 0.15) is 0 Å². The molecule has 16 heavy (non-hydrogen) atoms. The summed E-state index contributed by atoms with van der Waals surface area (Å²) < 4.78 is 31.2. The lowest BCUT2D eigenvalue weighted by Gasteiger charge is -2.06. The van der Waals surface area contributed by atoms with Crippen LogP contribution in [0.1, 0.15) is 18.1 Å². The van der Waals surface area contributed by atoms with Crippen LogP contribution in [-0.2, 0) is 22.4 Å². The molecule has 1 atom stereocenters. The van der Waals surface area contributed by atoms with Gasteiger partial charge in [-0.3, -0.25) is 4.79 Å². The van der Waals surface area contributed by atoms with Gasteiger partial charge in [0.05, 0.1) is 12.5 Å². The van der Waals surface area contributed by atoms with Gasteiger partial charge in [0, 0.05) is 0 Å². The molecule has 1 aromatic carbocycles. The lowest BCUT2D eigenvalue weighted by atomic mass is 10.1. The highest BCUT2D eigenvalue weighted by Crippen LogP contribution is 2.30. The second-order valence-corrected chi connectivity index (χ2v) is 3.86. The van der Waals surface area contributed by atoms with E-state index in [1.54, 1.807) is 6.92 Å². The highest BCUT2D eigenvalue weighted by Gasteiger charge is 2.31. The van der Waals surface area contributed by atoms with E-state index in [4.69, 9.17) is 4.74 Å². The van der Waals surface area contributed by atoms with Crippen LogP contribution in [0, 0.1) is 17.6 Å². The Labute approximate surface area is 92.2 Å². The number of fused-ring (bicyclic) bond motifs is 1. The second-order valence-electron chi connectivity index (χ2n) is 3.86. The Morgan fingerprint density at radius 3 is 2.88 bits per heavy atom. The minimum Gasteiger partial charge on any atom is -0.466 e. The van der Waals surface area contributed by atoms with Gasteiger partial charge in [-0.05, 0) is 37.0 Å². The zero-order chi connectivity index (χ0) is 11.7. The fourth-order valence-electron chi connectivity index (χ4n) is 2.06. The van der Waals surface area contributed by atoms with Crippen LogP contribution < -0.4 is 0 Å². The minimum atomic E-state index is -0.858. The summed E-state index contributed by atoms with van der Waals surface area (Å²) in [4.78, 5) is 11.5. The standard InChI is InChI=1S/C12H12F2O2/c1-2-16-12(15)8-5-7-3-4-10(13)11(14)9(7)6-8/h3-4,8H,2,5-6H2,1H3. The molecule has 0 bridgehead atoms. The average Bonchev–Trinajstić information content (AvgIpc) is 2.69. The number of esters is 1. The normalized spacial score (nSPS) is 18.3. The first kappa shape index (κ1) is 11.0. The molecule has 0 spiro atoms. The van der Waals surface area contributed by atoms with Gasteiger partial charge in [-0.1, -0.05) is 6.07 Å². The molecule has 1 aromatic rings. The summed E-state index contributed by atoms with van der Waals surface area (Å²) in [5.41, 5.74) is 1.02. The van der Waals surface area contributed by atoms with Gasteiger partial charge in [-0.15, -0.1) is 0 Å². The predicted octanol–water partition coefficient (Wildman–Crippen LogP) is 2.24. The highest BCUT2D eigenvalue weighted by molar-refractivity contribution is 5.74. The molecule has 0 saturated carbocycles. The van der Waals surface area contributed by atoms with Crippen molar-refractivity contribution in [3.8, 4) is 0 Å². The molecule has 2 rings (SSSR count). The van der Waals surface area contributed by atoms with Gasteiger partial charge in [0.15, 0.2) is 11.6 Å². The molecule has 0 aliphatic heterocycles. The smallest absolute Gasteiger partial charge is 0.309 e. The quantitative estimate of drug-likeness (QED) is 0.723. The predicted molar refractivity (Wildman–Crippen MR) is 53.9 cm³/mol. The van der Waals surface area contributed by atoms with Crippen molar-refractivity contribution in [1.82, 2.24) is 0 Å². The zero-order valence-corrected chi connectivity index (χ0v) is 8.93. The number of rotatable bonds is 2. The Morgan fingerprint density at radius 2 is 2.19 bits per heavy atom. The largest absolute Gasteiger partial charge is 0.466 e. The van der Waals surface area contributed by atoms with Crippen molar-refractivity contribution in [2.24, 2.45) is 5.92 Å². The van der Waals surface area contributed by atoms with E-state index >= 15 is 0 Å². The number of ether oxygens (including phenoxy) is 1. The van der Waals surface area contributed by atoms with Crippen molar-refractivity contribution < 1.29 is 18.3 Å². The molecule has 0 saturated heterocycles. The topological polar surface area (TPSA) is 26.3 Å². The lowest BCUT2D eigenvalue weighted by Crippen LogP contribution is -2.17. The molecule has 1 aliphatic carbocycles. The Morgan fingerprint density at radius 1 is 1.44 bits per heavy atom. The summed E-state index contributed by atoms with van der Waals surface area (Å²) in [6.45, 7) is 2.03. The van der Waals surface area contributed by atoms with Crippen LogP contribution in [0.15, 0.2) is 12.1 Å². The molecule has 0 aromatic heterocycles. The van der Waals surface area contributed by atoms with Crippen molar-refractivity contribution in [2.75, 3.05) is 6.61 Å². The molecule has 4 heteroatoms. The van der Waals surface area contributed by atoms with E-state index in [9.17, 15) is 13.6 Å². The molecule has 1 unspecified atom stereocenters. The summed E-state index contributed by atoms with van der Waals surface area (Å²) in [6, 6.07) is 2.63. The summed E-state index contributed by atoms with van der Waals surface area (Å²) in [5.74, 6) is -2.39. The van der Waals surface area contributed by atoms with Crippen LogP contribution in [-0.4, -0.2) is 12.6 Å². The first-order chi connectivity index (χ1) is 7.63. The summed E-state index contributed by atoms with van der Waals surface area (Å²) in [5, 5.41) is 0. The Hall–Kier alpha value is -1.45. The molecule has 0 N–H and O–H groups in total. The number of hydrogen-bond acceptors (Lipinski definition) is 2. The first-order valence-corrected chi connectivity index (χ1v) is 5.25. The van der Waals surface area contributed by atoms with Crippen molar-refractivity contribution in [2.45, 2.75) is 19.8 Å². The summed E-state index contributed by atoms with van der Waals surface area (Å²) >= 11 is 0. The maximum Gasteiger partial charge on any atom is 0.309 e. The van der Waals surface area contributed by atoms with E-state index in [1.165, 1.54) is 6.07 Å². The third kappa shape index (κ3) is 1.79. The average molecular weight is 226 g/mol. The molecule has 0 radical (unpaired) electrons. The fraction of sp³-hybridized carbons (Fsp3) is 0.417. The van der Waals surface area contributed by atoms with Crippen LogP contribution in [0.2, 0.25) is 0 Å². The molecule has 1 aliphatic rings. The summed E-state index contributed by atoms with van der Waals surface area (Å²) in [6.07, 6.45) is 0.670. The number of carbonyl (C=O) groups is 1. The van der Waals surface area contributed by atoms with Crippen LogP contribution in [0.4, 0.5) is 8.78 Å². The van der Waals surface area contributed by atoms with Crippen LogP contribution in [0.5, 0.6) is 0 Å². The van der Waals surface area contributed by atoms with E-state index in [2.05, 4.69) is 0 Å². The van der Waals surface area contributed by atoms with Crippen LogP contribution in [0.25, 0.3) is 0 Å². The lowest BCUT2D eigenvalue weighted by molar-refractivity contribution is -0.147. The number of carbonyl (C=O) groups excluding carboxylic acids is 1. The Kier molecular flexibility index (Phi) is 2.90. The molecule has 0 amide bonds. The van der Waals surface area contributed by atoms with Crippen molar-refractivity contribution >= 4 is 5.97 Å². The molecule has 0 heterocycles. The third-order valence-electron chi connectivity index (χ3n) is 2.83. The fourth-order valence-corrected chi connectivity index (χ4v) is 2.06. The highest BCUT2D eigenvalue weighted by atomic mass is 19.2. The Bertz CT molecular complexity index is 429. The van der Waals surface area contributed by atoms with E-state index in [0.29, 0.717) is 24.2 Å². The van der Waals surface area contributed by atoms with Gasteiger partial charge < -0.3 is 4.74 Å². The van der Waals surface area contributed by atoms with Gasteiger partial charge >= 0.3 is 5.97 Å². The summed E-state index contributed by atoms with van der Waals surface area (Å²) in [7, 11) is 0. The first-order valence-electron chi connectivity index (χ1n) is 5.25. The van der Waals surface area contributed by atoms with E-state index in [0.717, 1.165) is 6.07 Å². The molecule has 0 fully saturated rings. The van der Waals surface area contributed by atoms with E-state index in [-0.39, 0.29) is 18.3 Å². The minimum absolute atomic E-state index is 0.234. The molecule has 2 nitrogen and oxygen atoms in total. The van der Waals surface area contributed by atoms with Gasteiger partial charge in [0.2, 0.25) is 0 Å². The van der Waals surface area contributed by atoms with E-state index in [1.807, 2.05) is 0 Å². The van der Waals surface area contributed by atoms with Gasteiger partial charge in [-0.25, -0.2) is 8.78 Å². The SMILES string of the molecule is CCOC(=O)C1Cc2ccc(F)c(F)c2C1. The second kappa shape index (κ2) is 4.20. The molecular formula is C12H12F2O2. The van der Waals surface area contributed by atoms with Crippen LogP contribution >= 0.6 is 0 Å². The molecule has 86 valence electrons. The van der Waals surface area contributed by atoms with E-state index < -0.39 is 11.6 Å². The van der Waals surface area contributed by atoms with Gasteiger partial charge in [-0.2, -0.15) is 0 Å². The number of hydrogen-bond donors (Lipinski definition) is 0.